The van der Waals surface area contributed by atoms with Crippen LogP contribution in [0.2, 0.25) is 10.0 Å². The largest absolute Gasteiger partial charge is 0.465 e. The Balaban J connectivity index is 1.71. The summed E-state index contributed by atoms with van der Waals surface area (Å²) in [5, 5.41) is 4.61. The van der Waals surface area contributed by atoms with Crippen molar-refractivity contribution in [3.05, 3.63) is 76.2 Å². The molecule has 0 unspecified atom stereocenters. The molecule has 1 fully saturated rings. The molecule has 31 heavy (non-hydrogen) atoms. The molecule has 1 aliphatic heterocycles. The summed E-state index contributed by atoms with van der Waals surface area (Å²) >= 11 is 17.7. The molecule has 1 aromatic carbocycles. The molecule has 0 radical (unpaired) electrons. The SMILES string of the molecule is CCOC(=O)CN1C(=S)N[C@H](c2ccccn2)[C@H]1c1ccc(-c2ccc(Cl)c(Cl)c2)o1. The lowest BCUT2D eigenvalue weighted by atomic mass is 10.0. The van der Waals surface area contributed by atoms with Gasteiger partial charge in [-0.05, 0) is 61.6 Å². The highest BCUT2D eigenvalue weighted by molar-refractivity contribution is 7.80. The predicted octanol–water partition coefficient (Wildman–Crippen LogP) is 5.18. The lowest BCUT2D eigenvalue weighted by Gasteiger charge is -2.25. The van der Waals surface area contributed by atoms with Gasteiger partial charge in [0.1, 0.15) is 24.1 Å². The van der Waals surface area contributed by atoms with Gasteiger partial charge in [-0.25, -0.2) is 0 Å². The average Bonchev–Trinajstić information content (AvgIpc) is 3.36. The summed E-state index contributed by atoms with van der Waals surface area (Å²) in [4.78, 5) is 18.5. The Bertz CT molecular complexity index is 1110. The molecule has 1 N–H and O–H groups in total. The molecule has 3 aromatic rings. The maximum Gasteiger partial charge on any atom is 0.325 e. The Kier molecular flexibility index (Phi) is 6.46. The molecule has 0 amide bonds. The van der Waals surface area contributed by atoms with Crippen LogP contribution < -0.4 is 5.32 Å². The number of halogens is 2. The van der Waals surface area contributed by atoms with E-state index in [9.17, 15) is 4.79 Å². The normalized spacial score (nSPS) is 18.2. The third-order valence-corrected chi connectivity index (χ3v) is 6.02. The van der Waals surface area contributed by atoms with Crippen LogP contribution in [0, 0.1) is 0 Å². The van der Waals surface area contributed by atoms with Crippen LogP contribution in [-0.4, -0.2) is 34.1 Å². The van der Waals surface area contributed by atoms with Crippen molar-refractivity contribution < 1.29 is 13.9 Å². The first-order valence-corrected chi connectivity index (χ1v) is 10.8. The highest BCUT2D eigenvalue weighted by Gasteiger charge is 2.42. The van der Waals surface area contributed by atoms with Gasteiger partial charge in [-0.1, -0.05) is 29.3 Å². The molecule has 1 saturated heterocycles. The highest BCUT2D eigenvalue weighted by Crippen LogP contribution is 2.40. The lowest BCUT2D eigenvalue weighted by molar-refractivity contribution is -0.143. The first-order valence-electron chi connectivity index (χ1n) is 9.66. The van der Waals surface area contributed by atoms with Crippen LogP contribution >= 0.6 is 35.4 Å². The summed E-state index contributed by atoms with van der Waals surface area (Å²) in [6, 6.07) is 14.0. The van der Waals surface area contributed by atoms with E-state index in [-0.39, 0.29) is 24.6 Å². The fourth-order valence-electron chi connectivity index (χ4n) is 3.55. The van der Waals surface area contributed by atoms with E-state index in [0.29, 0.717) is 33.3 Å². The molecule has 0 aliphatic carbocycles. The van der Waals surface area contributed by atoms with Crippen molar-refractivity contribution in [1.82, 2.24) is 15.2 Å². The number of aromatic nitrogens is 1. The number of carbonyl (C=O) groups is 1. The standard InChI is InChI=1S/C22H19Cl2N3O3S/c1-2-29-19(28)12-27-21(20(26-22(27)31)16-5-3-4-10-25-16)18-9-8-17(30-18)13-6-7-14(23)15(24)11-13/h3-11,20-21H,2,12H2,1H3,(H,26,31)/t20-,21-/m1/s1. The molecular formula is C22H19Cl2N3O3S. The van der Waals surface area contributed by atoms with Crippen molar-refractivity contribution in [2.75, 3.05) is 13.2 Å². The van der Waals surface area contributed by atoms with Gasteiger partial charge < -0.3 is 19.4 Å². The molecule has 0 spiro atoms. The van der Waals surface area contributed by atoms with E-state index in [2.05, 4.69) is 10.3 Å². The molecule has 6 nitrogen and oxygen atoms in total. The fraction of sp³-hybridized carbons (Fsp3) is 0.227. The third kappa shape index (κ3) is 4.54. The van der Waals surface area contributed by atoms with E-state index in [0.717, 1.165) is 11.3 Å². The smallest absolute Gasteiger partial charge is 0.325 e. The Morgan fingerprint density at radius 1 is 1.23 bits per heavy atom. The zero-order valence-electron chi connectivity index (χ0n) is 16.5. The number of nitrogens with zero attached hydrogens (tertiary/aromatic N) is 2. The zero-order valence-corrected chi connectivity index (χ0v) is 18.9. The summed E-state index contributed by atoms with van der Waals surface area (Å²) in [7, 11) is 0. The Labute approximate surface area is 195 Å². The second kappa shape index (κ2) is 9.26. The number of rotatable bonds is 6. The van der Waals surface area contributed by atoms with Crippen LogP contribution in [0.25, 0.3) is 11.3 Å². The minimum Gasteiger partial charge on any atom is -0.465 e. The van der Waals surface area contributed by atoms with Crippen molar-refractivity contribution in [2.24, 2.45) is 0 Å². The second-order valence-electron chi connectivity index (χ2n) is 6.89. The van der Waals surface area contributed by atoms with E-state index in [4.69, 9.17) is 44.6 Å². The van der Waals surface area contributed by atoms with Gasteiger partial charge in [-0.15, -0.1) is 0 Å². The molecule has 2 aromatic heterocycles. The van der Waals surface area contributed by atoms with Gasteiger partial charge in [0.2, 0.25) is 0 Å². The lowest BCUT2D eigenvalue weighted by Crippen LogP contribution is -2.35. The predicted molar refractivity (Wildman–Crippen MR) is 123 cm³/mol. The monoisotopic (exact) mass is 475 g/mol. The van der Waals surface area contributed by atoms with Gasteiger partial charge in [0.15, 0.2) is 5.11 Å². The first-order chi connectivity index (χ1) is 15.0. The second-order valence-corrected chi connectivity index (χ2v) is 8.09. The minimum absolute atomic E-state index is 0.00349. The van der Waals surface area contributed by atoms with Crippen LogP contribution in [-0.2, 0) is 9.53 Å². The van der Waals surface area contributed by atoms with Crippen LogP contribution in [0.5, 0.6) is 0 Å². The van der Waals surface area contributed by atoms with E-state index in [1.54, 1.807) is 30.2 Å². The number of esters is 1. The maximum absolute atomic E-state index is 12.2. The number of ether oxygens (including phenoxy) is 1. The molecular weight excluding hydrogens is 457 g/mol. The molecule has 4 rings (SSSR count). The molecule has 9 heteroatoms. The van der Waals surface area contributed by atoms with E-state index in [1.807, 2.05) is 36.4 Å². The summed E-state index contributed by atoms with van der Waals surface area (Å²) in [6.45, 7) is 2.06. The van der Waals surface area contributed by atoms with Crippen molar-refractivity contribution in [3.63, 3.8) is 0 Å². The fourth-order valence-corrected chi connectivity index (χ4v) is 4.15. The number of nitrogens with one attached hydrogen (secondary N) is 1. The van der Waals surface area contributed by atoms with Gasteiger partial charge in [-0.3, -0.25) is 9.78 Å². The Morgan fingerprint density at radius 3 is 2.77 bits per heavy atom. The van der Waals surface area contributed by atoms with Gasteiger partial charge in [0, 0.05) is 11.8 Å². The van der Waals surface area contributed by atoms with Crippen LogP contribution in [0.15, 0.2) is 59.1 Å². The van der Waals surface area contributed by atoms with Gasteiger partial charge in [-0.2, -0.15) is 0 Å². The summed E-state index contributed by atoms with van der Waals surface area (Å²) in [6.07, 6.45) is 1.72. The zero-order chi connectivity index (χ0) is 22.0. The van der Waals surface area contributed by atoms with Crippen LogP contribution in [0.1, 0.15) is 30.5 Å². The van der Waals surface area contributed by atoms with Crippen LogP contribution in [0.3, 0.4) is 0 Å². The molecule has 160 valence electrons. The number of hydrogen-bond donors (Lipinski definition) is 1. The van der Waals surface area contributed by atoms with Gasteiger partial charge >= 0.3 is 5.97 Å². The molecule has 0 saturated carbocycles. The number of carbonyl (C=O) groups excluding carboxylic acids is 1. The summed E-state index contributed by atoms with van der Waals surface area (Å²) in [5.74, 6) is 0.894. The van der Waals surface area contributed by atoms with Crippen molar-refractivity contribution in [3.8, 4) is 11.3 Å². The van der Waals surface area contributed by atoms with Crippen LogP contribution in [0.4, 0.5) is 0 Å². The van der Waals surface area contributed by atoms with Gasteiger partial charge in [0.25, 0.3) is 0 Å². The third-order valence-electron chi connectivity index (χ3n) is 4.92. The number of benzene rings is 1. The molecule has 0 bridgehead atoms. The quantitative estimate of drug-likeness (QED) is 0.388. The number of pyridine rings is 1. The average molecular weight is 476 g/mol. The van der Waals surface area contributed by atoms with Crippen molar-refractivity contribution in [1.29, 1.82) is 0 Å². The first kappa shape index (κ1) is 21.6. The highest BCUT2D eigenvalue weighted by atomic mass is 35.5. The van der Waals surface area contributed by atoms with E-state index >= 15 is 0 Å². The van der Waals surface area contributed by atoms with Gasteiger partial charge in [0.05, 0.1) is 28.4 Å². The molecule has 1 aliphatic rings. The minimum atomic E-state index is -0.386. The topological polar surface area (TPSA) is 67.6 Å². The number of furan rings is 1. The Morgan fingerprint density at radius 2 is 2.06 bits per heavy atom. The maximum atomic E-state index is 12.2. The number of hydrogen-bond acceptors (Lipinski definition) is 5. The Hall–Kier alpha value is -2.61. The number of thiocarbonyl (C=S) groups is 1. The summed E-state index contributed by atoms with van der Waals surface area (Å²) < 4.78 is 11.3. The van der Waals surface area contributed by atoms with Crippen molar-refractivity contribution >= 4 is 46.5 Å². The van der Waals surface area contributed by atoms with Crippen molar-refractivity contribution in [2.45, 2.75) is 19.0 Å². The molecule has 2 atom stereocenters. The van der Waals surface area contributed by atoms with E-state index in [1.165, 1.54) is 0 Å². The summed E-state index contributed by atoms with van der Waals surface area (Å²) in [5.41, 5.74) is 1.58. The molecule has 3 heterocycles. The van der Waals surface area contributed by atoms with E-state index < -0.39 is 0 Å².